The molecule has 2 rings (SSSR count). The Kier molecular flexibility index (Phi) is 6.62. The first-order chi connectivity index (χ1) is 11.6. The molecule has 0 aromatic heterocycles. The monoisotopic (exact) mass is 348 g/mol. The van der Waals surface area contributed by atoms with Crippen molar-refractivity contribution in [2.75, 3.05) is 12.4 Å². The summed E-state index contributed by atoms with van der Waals surface area (Å²) in [6.45, 7) is 1.56. The molecule has 0 spiro atoms. The molecule has 0 aliphatic carbocycles. The largest absolute Gasteiger partial charge is 0.481 e. The Labute approximate surface area is 143 Å². The van der Waals surface area contributed by atoms with Crippen molar-refractivity contribution in [1.82, 2.24) is 10.9 Å². The van der Waals surface area contributed by atoms with Gasteiger partial charge in [-0.25, -0.2) is 4.39 Å². The van der Waals surface area contributed by atoms with Crippen molar-refractivity contribution in [3.8, 4) is 5.75 Å². The fraction of sp³-hybridized carbons (Fsp3) is 0.176. The average Bonchev–Trinajstić information content (AvgIpc) is 2.58. The number of carbonyl (C=O) groups is 2. The summed E-state index contributed by atoms with van der Waals surface area (Å²) in [6, 6.07) is 13.5. The van der Waals surface area contributed by atoms with Gasteiger partial charge in [-0.1, -0.05) is 30.3 Å². The van der Waals surface area contributed by atoms with Gasteiger partial charge in [0.2, 0.25) is 5.91 Å². The number of hydrogen-bond donors (Lipinski definition) is 2. The van der Waals surface area contributed by atoms with Crippen LogP contribution in [0.1, 0.15) is 5.56 Å². The fourth-order valence-electron chi connectivity index (χ4n) is 1.78. The molecule has 0 radical (unpaired) electrons. The van der Waals surface area contributed by atoms with Crippen LogP contribution in [0.5, 0.6) is 5.75 Å². The lowest BCUT2D eigenvalue weighted by Gasteiger charge is -2.09. The van der Waals surface area contributed by atoms with Crippen molar-refractivity contribution in [1.29, 1.82) is 0 Å². The molecule has 7 heteroatoms. The summed E-state index contributed by atoms with van der Waals surface area (Å²) < 4.78 is 18.4. The molecule has 2 amide bonds. The highest BCUT2D eigenvalue weighted by molar-refractivity contribution is 8.00. The lowest BCUT2D eigenvalue weighted by molar-refractivity contribution is -0.128. The number of para-hydroxylation sites is 1. The third-order valence-electron chi connectivity index (χ3n) is 2.99. The van der Waals surface area contributed by atoms with E-state index in [1.807, 2.05) is 31.2 Å². The van der Waals surface area contributed by atoms with E-state index < -0.39 is 18.3 Å². The minimum Gasteiger partial charge on any atom is -0.481 e. The number of thioether (sulfide) groups is 1. The Morgan fingerprint density at radius 3 is 2.46 bits per heavy atom. The van der Waals surface area contributed by atoms with Gasteiger partial charge in [0.25, 0.3) is 5.91 Å². The van der Waals surface area contributed by atoms with Crippen LogP contribution >= 0.6 is 11.8 Å². The van der Waals surface area contributed by atoms with Crippen molar-refractivity contribution in [2.45, 2.75) is 11.8 Å². The van der Waals surface area contributed by atoms with Crippen molar-refractivity contribution < 1.29 is 18.7 Å². The van der Waals surface area contributed by atoms with E-state index in [1.165, 1.54) is 30.0 Å². The van der Waals surface area contributed by atoms with E-state index in [0.717, 1.165) is 10.5 Å². The zero-order chi connectivity index (χ0) is 17.4. The van der Waals surface area contributed by atoms with E-state index in [9.17, 15) is 14.0 Å². The van der Waals surface area contributed by atoms with Gasteiger partial charge in [-0.05, 0) is 30.7 Å². The molecule has 0 saturated carbocycles. The normalized spacial score (nSPS) is 10.1. The number of rotatable bonds is 6. The smallest absolute Gasteiger partial charge is 0.276 e. The predicted molar refractivity (Wildman–Crippen MR) is 90.1 cm³/mol. The SMILES string of the molecule is Cc1ccccc1SCC(=O)NNC(=O)COc1ccccc1F. The van der Waals surface area contributed by atoms with Gasteiger partial charge in [-0.2, -0.15) is 0 Å². The van der Waals surface area contributed by atoms with Crippen molar-refractivity contribution >= 4 is 23.6 Å². The maximum absolute atomic E-state index is 13.3. The molecule has 0 aliphatic rings. The molecule has 0 aliphatic heterocycles. The molecule has 0 heterocycles. The van der Waals surface area contributed by atoms with Crippen LogP contribution in [0.2, 0.25) is 0 Å². The second kappa shape index (κ2) is 8.93. The van der Waals surface area contributed by atoms with Gasteiger partial charge in [0, 0.05) is 4.90 Å². The highest BCUT2D eigenvalue weighted by Gasteiger charge is 2.08. The second-order valence-electron chi connectivity index (χ2n) is 4.87. The molecular formula is C17H17FN2O3S. The number of aryl methyl sites for hydroxylation is 1. The standard InChI is InChI=1S/C17H17FN2O3S/c1-12-6-2-5-9-15(12)24-11-17(22)20-19-16(21)10-23-14-8-4-3-7-13(14)18/h2-9H,10-11H2,1H3,(H,19,21)(H,20,22). The molecule has 0 atom stereocenters. The number of halogens is 1. The van der Waals surface area contributed by atoms with E-state index >= 15 is 0 Å². The molecule has 2 N–H and O–H groups in total. The summed E-state index contributed by atoms with van der Waals surface area (Å²) >= 11 is 1.37. The summed E-state index contributed by atoms with van der Waals surface area (Å²) in [5.74, 6) is -1.33. The van der Waals surface area contributed by atoms with Crippen LogP contribution in [-0.2, 0) is 9.59 Å². The number of nitrogens with one attached hydrogen (secondary N) is 2. The summed E-state index contributed by atoms with van der Waals surface area (Å²) in [4.78, 5) is 24.3. The van der Waals surface area contributed by atoms with Crippen molar-refractivity contribution in [3.63, 3.8) is 0 Å². The number of amides is 2. The fourth-order valence-corrected chi connectivity index (χ4v) is 2.61. The van der Waals surface area contributed by atoms with Gasteiger partial charge in [-0.3, -0.25) is 20.4 Å². The molecule has 0 saturated heterocycles. The first kappa shape index (κ1) is 17.8. The van der Waals surface area contributed by atoms with Gasteiger partial charge in [0.15, 0.2) is 18.2 Å². The van der Waals surface area contributed by atoms with Crippen molar-refractivity contribution in [2.24, 2.45) is 0 Å². The molecule has 126 valence electrons. The molecule has 24 heavy (non-hydrogen) atoms. The number of hydrazine groups is 1. The Morgan fingerprint density at radius 1 is 1.04 bits per heavy atom. The van der Waals surface area contributed by atoms with Crippen LogP contribution in [0.4, 0.5) is 4.39 Å². The van der Waals surface area contributed by atoms with Crippen molar-refractivity contribution in [3.05, 3.63) is 59.9 Å². The van der Waals surface area contributed by atoms with Crippen LogP contribution in [0.15, 0.2) is 53.4 Å². The lowest BCUT2D eigenvalue weighted by Crippen LogP contribution is -2.44. The van der Waals surface area contributed by atoms with Gasteiger partial charge < -0.3 is 4.74 Å². The zero-order valence-electron chi connectivity index (χ0n) is 13.0. The minimum atomic E-state index is -0.576. The van der Waals surface area contributed by atoms with Crippen LogP contribution in [0.25, 0.3) is 0 Å². The average molecular weight is 348 g/mol. The van der Waals surface area contributed by atoms with Gasteiger partial charge in [0.1, 0.15) is 0 Å². The number of carbonyl (C=O) groups excluding carboxylic acids is 2. The Balaban J connectivity index is 1.69. The van der Waals surface area contributed by atoms with Gasteiger partial charge in [0.05, 0.1) is 5.75 Å². The quantitative estimate of drug-likeness (QED) is 0.622. The van der Waals surface area contributed by atoms with E-state index in [4.69, 9.17) is 4.74 Å². The van der Waals surface area contributed by atoms with Gasteiger partial charge in [-0.15, -0.1) is 11.8 Å². The van der Waals surface area contributed by atoms with E-state index in [0.29, 0.717) is 0 Å². The number of hydrogen-bond acceptors (Lipinski definition) is 4. The first-order valence-electron chi connectivity index (χ1n) is 7.19. The zero-order valence-corrected chi connectivity index (χ0v) is 13.9. The van der Waals surface area contributed by atoms with E-state index in [-0.39, 0.29) is 17.4 Å². The molecule has 0 unspecified atom stereocenters. The number of ether oxygens (including phenoxy) is 1. The predicted octanol–water partition coefficient (Wildman–Crippen LogP) is 2.45. The third kappa shape index (κ3) is 5.58. The molecule has 2 aromatic carbocycles. The molecule has 2 aromatic rings. The molecular weight excluding hydrogens is 331 g/mol. The first-order valence-corrected chi connectivity index (χ1v) is 8.18. The summed E-state index contributed by atoms with van der Waals surface area (Å²) in [5, 5.41) is 0. The van der Waals surface area contributed by atoms with Crippen LogP contribution in [-0.4, -0.2) is 24.2 Å². The van der Waals surface area contributed by atoms with Crippen LogP contribution < -0.4 is 15.6 Å². The summed E-state index contributed by atoms with van der Waals surface area (Å²) in [6.07, 6.45) is 0. The van der Waals surface area contributed by atoms with Gasteiger partial charge >= 0.3 is 0 Å². The summed E-state index contributed by atoms with van der Waals surface area (Å²) in [5.41, 5.74) is 5.59. The minimum absolute atomic E-state index is 0.0194. The maximum atomic E-state index is 13.3. The summed E-state index contributed by atoms with van der Waals surface area (Å²) in [7, 11) is 0. The molecule has 0 bridgehead atoms. The van der Waals surface area contributed by atoms with E-state index in [2.05, 4.69) is 10.9 Å². The number of benzene rings is 2. The molecule has 0 fully saturated rings. The topological polar surface area (TPSA) is 67.4 Å². The van der Waals surface area contributed by atoms with Crippen LogP contribution in [0, 0.1) is 12.7 Å². The Bertz CT molecular complexity index is 663. The Morgan fingerprint density at radius 2 is 1.71 bits per heavy atom. The second-order valence-corrected chi connectivity index (χ2v) is 5.89. The lowest BCUT2D eigenvalue weighted by atomic mass is 10.2. The van der Waals surface area contributed by atoms with E-state index in [1.54, 1.807) is 6.07 Å². The maximum Gasteiger partial charge on any atom is 0.276 e. The highest BCUT2D eigenvalue weighted by Crippen LogP contribution is 2.21. The Hall–Kier alpha value is -2.54. The van der Waals surface area contributed by atoms with Crippen LogP contribution in [0.3, 0.4) is 0 Å². The highest BCUT2D eigenvalue weighted by atomic mass is 32.2. The third-order valence-corrected chi connectivity index (χ3v) is 4.16. The molecule has 5 nitrogen and oxygen atoms in total.